The number of aromatic hydroxyl groups is 2. The summed E-state index contributed by atoms with van der Waals surface area (Å²) < 4.78 is 0. The van der Waals surface area contributed by atoms with E-state index in [4.69, 9.17) is 0 Å². The third-order valence-electron chi connectivity index (χ3n) is 4.02. The van der Waals surface area contributed by atoms with Gasteiger partial charge in [0.05, 0.1) is 0 Å². The molecule has 1 amide bonds. The first-order chi connectivity index (χ1) is 10.6. The van der Waals surface area contributed by atoms with E-state index in [2.05, 4.69) is 0 Å². The molecule has 0 aromatic heterocycles. The summed E-state index contributed by atoms with van der Waals surface area (Å²) in [5.41, 5.74) is 0.552. The summed E-state index contributed by atoms with van der Waals surface area (Å²) in [7, 11) is 0. The number of amides is 1. The zero-order valence-electron chi connectivity index (χ0n) is 12.6. The number of nitriles is 1. The number of carbonyl (C=O) groups excluding carboxylic acids is 1. The van der Waals surface area contributed by atoms with Crippen LogP contribution in [0.3, 0.4) is 0 Å². The number of phenolic OH excluding ortho intramolecular Hbond substituents is 2. The van der Waals surface area contributed by atoms with Gasteiger partial charge in [-0.3, -0.25) is 4.79 Å². The lowest BCUT2D eigenvalue weighted by atomic mass is 9.98. The van der Waals surface area contributed by atoms with Crippen molar-refractivity contribution >= 4 is 12.0 Å². The minimum Gasteiger partial charge on any atom is -0.504 e. The minimum atomic E-state index is -0.275. The molecular formula is C17H20N2O3. The molecule has 1 saturated heterocycles. The molecule has 1 unspecified atom stereocenters. The molecule has 1 fully saturated rings. The number of piperidine rings is 1. The Hall–Kier alpha value is -2.48. The molecular weight excluding hydrogens is 280 g/mol. The molecule has 2 N–H and O–H groups in total. The number of benzene rings is 1. The monoisotopic (exact) mass is 300 g/mol. The molecule has 0 radical (unpaired) electrons. The van der Waals surface area contributed by atoms with Crippen LogP contribution in [0.4, 0.5) is 0 Å². The SMILES string of the molecule is CCC1CCCCN1C(=O)/C(C#N)=C/c1ccc(O)c(O)c1. The van der Waals surface area contributed by atoms with E-state index in [1.165, 1.54) is 18.2 Å². The van der Waals surface area contributed by atoms with Gasteiger partial charge >= 0.3 is 0 Å². The van der Waals surface area contributed by atoms with E-state index in [9.17, 15) is 20.3 Å². The van der Waals surface area contributed by atoms with Crippen LogP contribution in [0.1, 0.15) is 38.2 Å². The summed E-state index contributed by atoms with van der Waals surface area (Å²) in [5, 5.41) is 28.1. The summed E-state index contributed by atoms with van der Waals surface area (Å²) in [4.78, 5) is 14.4. The van der Waals surface area contributed by atoms with Crippen molar-refractivity contribution in [2.45, 2.75) is 38.6 Å². The van der Waals surface area contributed by atoms with Crippen molar-refractivity contribution in [1.82, 2.24) is 4.90 Å². The van der Waals surface area contributed by atoms with Gasteiger partial charge in [-0.1, -0.05) is 13.0 Å². The highest BCUT2D eigenvalue weighted by molar-refractivity contribution is 6.02. The molecule has 2 rings (SSSR count). The molecule has 116 valence electrons. The fraction of sp³-hybridized carbons (Fsp3) is 0.412. The van der Waals surface area contributed by atoms with Gasteiger partial charge in [0.1, 0.15) is 11.6 Å². The maximum Gasteiger partial charge on any atom is 0.264 e. The van der Waals surface area contributed by atoms with Crippen LogP contribution in [-0.2, 0) is 4.79 Å². The number of carbonyl (C=O) groups is 1. The summed E-state index contributed by atoms with van der Waals surface area (Å²) in [6.07, 6.45) is 5.37. The van der Waals surface area contributed by atoms with E-state index in [1.807, 2.05) is 13.0 Å². The molecule has 1 aliphatic rings. The first kappa shape index (κ1) is 15.9. The van der Waals surface area contributed by atoms with Crippen molar-refractivity contribution < 1.29 is 15.0 Å². The van der Waals surface area contributed by atoms with E-state index in [0.717, 1.165) is 25.7 Å². The van der Waals surface area contributed by atoms with E-state index in [-0.39, 0.29) is 29.0 Å². The van der Waals surface area contributed by atoms with Gasteiger partial charge in [-0.2, -0.15) is 5.26 Å². The molecule has 0 spiro atoms. The van der Waals surface area contributed by atoms with Crippen LogP contribution in [0, 0.1) is 11.3 Å². The topological polar surface area (TPSA) is 84.6 Å². The Morgan fingerprint density at radius 1 is 1.41 bits per heavy atom. The first-order valence-electron chi connectivity index (χ1n) is 7.51. The fourth-order valence-electron chi connectivity index (χ4n) is 2.79. The standard InChI is InChI=1S/C17H20N2O3/c1-2-14-5-3-4-8-19(14)17(22)13(11-18)9-12-6-7-15(20)16(21)10-12/h6-7,9-10,14,20-21H,2-5,8H2,1H3/b13-9+. The van der Waals surface area contributed by atoms with Crippen LogP contribution in [0.2, 0.25) is 0 Å². The van der Waals surface area contributed by atoms with Crippen molar-refractivity contribution in [1.29, 1.82) is 5.26 Å². The van der Waals surface area contributed by atoms with Crippen molar-refractivity contribution in [3.63, 3.8) is 0 Å². The van der Waals surface area contributed by atoms with E-state index >= 15 is 0 Å². The molecule has 1 heterocycles. The quantitative estimate of drug-likeness (QED) is 0.510. The van der Waals surface area contributed by atoms with Gasteiger partial charge in [-0.15, -0.1) is 0 Å². The van der Waals surface area contributed by atoms with Crippen LogP contribution in [0.15, 0.2) is 23.8 Å². The highest BCUT2D eigenvalue weighted by Crippen LogP contribution is 2.27. The van der Waals surface area contributed by atoms with Gasteiger partial charge in [0.2, 0.25) is 0 Å². The predicted octanol–water partition coefficient (Wildman–Crippen LogP) is 2.80. The average molecular weight is 300 g/mol. The minimum absolute atomic E-state index is 0.0467. The van der Waals surface area contributed by atoms with E-state index < -0.39 is 0 Å². The van der Waals surface area contributed by atoms with Crippen LogP contribution >= 0.6 is 0 Å². The highest BCUT2D eigenvalue weighted by atomic mass is 16.3. The van der Waals surface area contributed by atoms with E-state index in [1.54, 1.807) is 11.0 Å². The van der Waals surface area contributed by atoms with Gasteiger partial charge in [0.15, 0.2) is 11.5 Å². The van der Waals surface area contributed by atoms with Crippen molar-refractivity contribution in [2.75, 3.05) is 6.54 Å². The van der Waals surface area contributed by atoms with Crippen LogP contribution in [0.5, 0.6) is 11.5 Å². The fourth-order valence-corrected chi connectivity index (χ4v) is 2.79. The molecule has 22 heavy (non-hydrogen) atoms. The molecule has 1 aliphatic heterocycles. The zero-order valence-corrected chi connectivity index (χ0v) is 12.6. The average Bonchev–Trinajstić information content (AvgIpc) is 2.55. The second-order valence-electron chi connectivity index (χ2n) is 5.47. The molecule has 1 aromatic rings. The van der Waals surface area contributed by atoms with E-state index in [0.29, 0.717) is 12.1 Å². The van der Waals surface area contributed by atoms with Gasteiger partial charge in [-0.25, -0.2) is 0 Å². The Bertz CT molecular complexity index is 631. The van der Waals surface area contributed by atoms with Gasteiger partial charge in [0, 0.05) is 12.6 Å². The lowest BCUT2D eigenvalue weighted by Crippen LogP contribution is -2.43. The third kappa shape index (κ3) is 3.40. The number of phenols is 2. The Morgan fingerprint density at radius 3 is 2.82 bits per heavy atom. The second-order valence-corrected chi connectivity index (χ2v) is 5.47. The Kier molecular flexibility index (Phi) is 5.05. The van der Waals surface area contributed by atoms with Crippen LogP contribution in [-0.4, -0.2) is 33.6 Å². The summed E-state index contributed by atoms with van der Waals surface area (Å²) in [6.45, 7) is 2.72. The van der Waals surface area contributed by atoms with Crippen LogP contribution in [0.25, 0.3) is 6.08 Å². The van der Waals surface area contributed by atoms with Crippen LogP contribution < -0.4 is 0 Å². The number of rotatable bonds is 3. The molecule has 0 bridgehead atoms. The predicted molar refractivity (Wildman–Crippen MR) is 83.0 cm³/mol. The smallest absolute Gasteiger partial charge is 0.264 e. The summed E-state index contributed by atoms with van der Waals surface area (Å²) in [5.74, 6) is -0.770. The molecule has 0 saturated carbocycles. The Morgan fingerprint density at radius 2 is 2.18 bits per heavy atom. The Labute approximate surface area is 130 Å². The van der Waals surface area contributed by atoms with Gasteiger partial charge in [0.25, 0.3) is 5.91 Å². The number of hydrogen-bond acceptors (Lipinski definition) is 4. The normalized spacial score (nSPS) is 18.8. The molecule has 5 nitrogen and oxygen atoms in total. The highest BCUT2D eigenvalue weighted by Gasteiger charge is 2.27. The second kappa shape index (κ2) is 6.99. The molecule has 0 aliphatic carbocycles. The van der Waals surface area contributed by atoms with Gasteiger partial charge < -0.3 is 15.1 Å². The molecule has 5 heteroatoms. The van der Waals surface area contributed by atoms with Crippen molar-refractivity contribution in [3.05, 3.63) is 29.3 Å². The number of hydrogen-bond donors (Lipinski definition) is 2. The molecule has 1 atom stereocenters. The number of nitrogens with zero attached hydrogens (tertiary/aromatic N) is 2. The lowest BCUT2D eigenvalue weighted by molar-refractivity contribution is -0.130. The summed E-state index contributed by atoms with van der Waals surface area (Å²) >= 11 is 0. The number of likely N-dealkylation sites (tertiary alicyclic amines) is 1. The Balaban J connectivity index is 2.26. The maximum atomic E-state index is 12.6. The summed E-state index contributed by atoms with van der Waals surface area (Å²) in [6, 6.07) is 6.34. The largest absolute Gasteiger partial charge is 0.504 e. The molecule has 1 aromatic carbocycles. The van der Waals surface area contributed by atoms with Crippen molar-refractivity contribution in [3.8, 4) is 17.6 Å². The van der Waals surface area contributed by atoms with Gasteiger partial charge in [-0.05, 0) is 49.5 Å². The third-order valence-corrected chi connectivity index (χ3v) is 4.02. The first-order valence-corrected chi connectivity index (χ1v) is 7.51. The van der Waals surface area contributed by atoms with Crippen molar-refractivity contribution in [2.24, 2.45) is 0 Å². The maximum absolute atomic E-state index is 12.6. The zero-order chi connectivity index (χ0) is 16.1. The lowest BCUT2D eigenvalue weighted by Gasteiger charge is -2.35.